The van der Waals surface area contributed by atoms with Crippen molar-refractivity contribution in [3.05, 3.63) is 46.3 Å². The number of amides is 1. The van der Waals surface area contributed by atoms with Crippen molar-refractivity contribution in [1.82, 2.24) is 5.16 Å². The third-order valence-corrected chi connectivity index (χ3v) is 2.47. The van der Waals surface area contributed by atoms with Crippen LogP contribution >= 0.6 is 11.6 Å². The van der Waals surface area contributed by atoms with Gasteiger partial charge in [0.15, 0.2) is 0 Å². The number of aryl methyl sites for hydroxylation is 1. The van der Waals surface area contributed by atoms with Crippen molar-refractivity contribution in [2.24, 2.45) is 0 Å². The molecule has 19 heavy (non-hydrogen) atoms. The Morgan fingerprint density at radius 1 is 1.32 bits per heavy atom. The van der Waals surface area contributed by atoms with Gasteiger partial charge in [0.25, 0.3) is 5.91 Å². The minimum atomic E-state index is -1.13. The SMILES string of the molecule is Cc1cc(C(=O)Nc2cc(Cl)cc(C(=O)O)c2)on1. The number of halogens is 1. The zero-order valence-electron chi connectivity index (χ0n) is 9.81. The van der Waals surface area contributed by atoms with Crippen LogP contribution in [-0.4, -0.2) is 22.1 Å². The maximum absolute atomic E-state index is 11.8. The number of carboxylic acids is 1. The average Bonchev–Trinajstić information content (AvgIpc) is 2.75. The molecule has 0 saturated heterocycles. The van der Waals surface area contributed by atoms with Gasteiger partial charge in [0.1, 0.15) is 0 Å². The Morgan fingerprint density at radius 3 is 2.63 bits per heavy atom. The van der Waals surface area contributed by atoms with Crippen molar-refractivity contribution in [1.29, 1.82) is 0 Å². The van der Waals surface area contributed by atoms with Gasteiger partial charge in [-0.2, -0.15) is 0 Å². The molecule has 1 aromatic heterocycles. The van der Waals surface area contributed by atoms with Crippen LogP contribution in [0.5, 0.6) is 0 Å². The molecule has 0 aliphatic carbocycles. The van der Waals surface area contributed by atoms with Crippen LogP contribution in [0.25, 0.3) is 0 Å². The van der Waals surface area contributed by atoms with E-state index in [0.29, 0.717) is 5.69 Å². The van der Waals surface area contributed by atoms with Crippen LogP contribution < -0.4 is 5.32 Å². The first-order chi connectivity index (χ1) is 8.95. The van der Waals surface area contributed by atoms with Crippen LogP contribution in [0.2, 0.25) is 5.02 Å². The van der Waals surface area contributed by atoms with E-state index in [1.807, 2.05) is 0 Å². The number of aromatic carboxylic acids is 1. The topological polar surface area (TPSA) is 92.4 Å². The number of aromatic nitrogens is 1. The largest absolute Gasteiger partial charge is 0.478 e. The van der Waals surface area contributed by atoms with Crippen LogP contribution in [0.4, 0.5) is 5.69 Å². The Morgan fingerprint density at radius 2 is 2.05 bits per heavy atom. The molecular formula is C12H9ClN2O4. The first kappa shape index (κ1) is 13.1. The number of hydrogen-bond donors (Lipinski definition) is 2. The summed E-state index contributed by atoms with van der Waals surface area (Å²) in [7, 11) is 0. The summed E-state index contributed by atoms with van der Waals surface area (Å²) < 4.78 is 4.79. The van der Waals surface area contributed by atoms with E-state index in [-0.39, 0.29) is 22.0 Å². The summed E-state index contributed by atoms with van der Waals surface area (Å²) in [6, 6.07) is 5.50. The van der Waals surface area contributed by atoms with E-state index >= 15 is 0 Å². The number of carboxylic acid groups (broad SMARTS) is 1. The van der Waals surface area contributed by atoms with Gasteiger partial charge in [-0.25, -0.2) is 4.79 Å². The summed E-state index contributed by atoms with van der Waals surface area (Å²) in [5.74, 6) is -1.62. The number of hydrogen-bond acceptors (Lipinski definition) is 4. The Balaban J connectivity index is 2.23. The van der Waals surface area contributed by atoms with Crippen molar-refractivity contribution in [2.45, 2.75) is 6.92 Å². The molecule has 7 heteroatoms. The smallest absolute Gasteiger partial charge is 0.335 e. The number of rotatable bonds is 3. The van der Waals surface area contributed by atoms with E-state index < -0.39 is 11.9 Å². The first-order valence-electron chi connectivity index (χ1n) is 5.24. The lowest BCUT2D eigenvalue weighted by atomic mass is 10.2. The number of nitrogens with zero attached hydrogens (tertiary/aromatic N) is 1. The third-order valence-electron chi connectivity index (χ3n) is 2.25. The normalized spacial score (nSPS) is 10.2. The van der Waals surface area contributed by atoms with Gasteiger partial charge in [-0.1, -0.05) is 16.8 Å². The van der Waals surface area contributed by atoms with Crippen molar-refractivity contribution in [2.75, 3.05) is 5.32 Å². The summed E-state index contributed by atoms with van der Waals surface area (Å²) >= 11 is 5.78. The summed E-state index contributed by atoms with van der Waals surface area (Å²) in [6.07, 6.45) is 0. The lowest BCUT2D eigenvalue weighted by Gasteiger charge is -2.05. The second-order valence-electron chi connectivity index (χ2n) is 3.82. The molecule has 2 aromatic rings. The molecule has 0 aliphatic rings. The monoisotopic (exact) mass is 280 g/mol. The summed E-state index contributed by atoms with van der Waals surface area (Å²) in [6.45, 7) is 1.68. The van der Waals surface area contributed by atoms with Crippen molar-refractivity contribution >= 4 is 29.2 Å². The quantitative estimate of drug-likeness (QED) is 0.901. The van der Waals surface area contributed by atoms with Gasteiger partial charge >= 0.3 is 5.97 Å². The maximum atomic E-state index is 11.8. The van der Waals surface area contributed by atoms with Crippen molar-refractivity contribution < 1.29 is 19.2 Å². The highest BCUT2D eigenvalue weighted by molar-refractivity contribution is 6.31. The zero-order valence-corrected chi connectivity index (χ0v) is 10.6. The standard InChI is InChI=1S/C12H9ClN2O4/c1-6-2-10(19-15-6)11(16)14-9-4-7(12(17)18)3-8(13)5-9/h2-5H,1H3,(H,14,16)(H,17,18). The maximum Gasteiger partial charge on any atom is 0.335 e. The molecule has 0 saturated carbocycles. The van der Waals surface area contributed by atoms with Crippen LogP contribution in [0, 0.1) is 6.92 Å². The van der Waals surface area contributed by atoms with Crippen molar-refractivity contribution in [3.63, 3.8) is 0 Å². The van der Waals surface area contributed by atoms with Gasteiger partial charge in [-0.15, -0.1) is 0 Å². The Bertz CT molecular complexity index is 651. The lowest BCUT2D eigenvalue weighted by Crippen LogP contribution is -2.11. The summed E-state index contributed by atoms with van der Waals surface area (Å²) in [5.41, 5.74) is 0.822. The first-order valence-corrected chi connectivity index (χ1v) is 5.62. The molecule has 0 aliphatic heterocycles. The molecule has 0 radical (unpaired) electrons. The van der Waals surface area contributed by atoms with Gasteiger partial charge in [0.2, 0.25) is 5.76 Å². The molecule has 0 unspecified atom stereocenters. The second-order valence-corrected chi connectivity index (χ2v) is 4.26. The number of carbonyl (C=O) groups excluding carboxylic acids is 1. The predicted molar refractivity (Wildman–Crippen MR) is 67.6 cm³/mol. The van der Waals surface area contributed by atoms with Gasteiger partial charge in [-0.3, -0.25) is 4.79 Å². The average molecular weight is 281 g/mol. The Labute approximate surface area is 113 Å². The molecule has 0 fully saturated rings. The molecule has 0 spiro atoms. The van der Waals surface area contributed by atoms with Gasteiger partial charge in [-0.05, 0) is 25.1 Å². The minimum Gasteiger partial charge on any atom is -0.478 e. The van der Waals surface area contributed by atoms with Crippen molar-refractivity contribution in [3.8, 4) is 0 Å². The van der Waals surface area contributed by atoms with E-state index in [4.69, 9.17) is 21.2 Å². The fourth-order valence-electron chi connectivity index (χ4n) is 1.45. The van der Waals surface area contributed by atoms with E-state index in [1.165, 1.54) is 24.3 Å². The second kappa shape index (κ2) is 5.11. The van der Waals surface area contributed by atoms with Crippen LogP contribution in [0.1, 0.15) is 26.6 Å². The molecular weight excluding hydrogens is 272 g/mol. The number of carbonyl (C=O) groups is 2. The van der Waals surface area contributed by atoms with E-state index in [9.17, 15) is 9.59 Å². The molecule has 2 rings (SSSR count). The third kappa shape index (κ3) is 3.11. The molecule has 6 nitrogen and oxygen atoms in total. The van der Waals surface area contributed by atoms with Crippen LogP contribution in [-0.2, 0) is 0 Å². The zero-order chi connectivity index (χ0) is 14.0. The number of benzene rings is 1. The molecule has 0 atom stereocenters. The molecule has 0 bridgehead atoms. The Kier molecular flexibility index (Phi) is 3.52. The van der Waals surface area contributed by atoms with Crippen LogP contribution in [0.15, 0.2) is 28.8 Å². The fraction of sp³-hybridized carbons (Fsp3) is 0.0833. The number of nitrogens with one attached hydrogen (secondary N) is 1. The molecule has 1 aromatic carbocycles. The predicted octanol–water partition coefficient (Wildman–Crippen LogP) is 2.59. The fourth-order valence-corrected chi connectivity index (χ4v) is 1.68. The van der Waals surface area contributed by atoms with Gasteiger partial charge < -0.3 is 14.9 Å². The minimum absolute atomic E-state index is 0.0171. The van der Waals surface area contributed by atoms with Crippen LogP contribution in [0.3, 0.4) is 0 Å². The molecule has 2 N–H and O–H groups in total. The highest BCUT2D eigenvalue weighted by Gasteiger charge is 2.13. The summed E-state index contributed by atoms with van der Waals surface area (Å²) in [4.78, 5) is 22.6. The number of anilines is 1. The molecule has 98 valence electrons. The Hall–Kier alpha value is -2.34. The highest BCUT2D eigenvalue weighted by Crippen LogP contribution is 2.20. The molecule has 1 heterocycles. The lowest BCUT2D eigenvalue weighted by molar-refractivity contribution is 0.0696. The summed E-state index contributed by atoms with van der Waals surface area (Å²) in [5, 5.41) is 15.2. The highest BCUT2D eigenvalue weighted by atomic mass is 35.5. The van der Waals surface area contributed by atoms with Gasteiger partial charge in [0.05, 0.1) is 11.3 Å². The van der Waals surface area contributed by atoms with E-state index in [1.54, 1.807) is 6.92 Å². The molecule has 1 amide bonds. The van der Waals surface area contributed by atoms with E-state index in [2.05, 4.69) is 10.5 Å². The van der Waals surface area contributed by atoms with Gasteiger partial charge in [0, 0.05) is 16.8 Å². The van der Waals surface area contributed by atoms with E-state index in [0.717, 1.165) is 0 Å².